The molecule has 4 atom stereocenters. The SMILES string of the molecule is CC(C)C(=O)O[C@](C(=O)C(=O)C(C)C)(C(=O)C(C)C)[C@](O)(C(=O)C(C)C)[C@H](O)[C@H](O)CO. The van der Waals surface area contributed by atoms with Gasteiger partial charge >= 0.3 is 5.97 Å². The van der Waals surface area contributed by atoms with E-state index < -0.39 is 82.8 Å². The number of Topliss-reactive ketones (excluding diaryl/α,β-unsaturated/α-hetero) is 4. The maximum absolute atomic E-state index is 13.5. The largest absolute Gasteiger partial charge is 0.438 e. The second-order valence-corrected chi connectivity index (χ2v) is 9.10. The molecule has 0 aliphatic heterocycles. The Balaban J connectivity index is 7.71. The molecule has 0 amide bonds. The minimum atomic E-state index is -3.57. The Kier molecular flexibility index (Phi) is 10.5. The van der Waals surface area contributed by atoms with Gasteiger partial charge in [-0.2, -0.15) is 0 Å². The molecule has 4 N–H and O–H groups in total. The van der Waals surface area contributed by atoms with Gasteiger partial charge in [0.1, 0.15) is 12.2 Å². The van der Waals surface area contributed by atoms with Gasteiger partial charge in [0.2, 0.25) is 11.4 Å². The Morgan fingerprint density at radius 1 is 0.750 bits per heavy atom. The van der Waals surface area contributed by atoms with Gasteiger partial charge in [-0.25, -0.2) is 0 Å². The molecule has 0 aliphatic rings. The van der Waals surface area contributed by atoms with Crippen molar-refractivity contribution in [2.75, 3.05) is 6.61 Å². The zero-order chi connectivity index (χ0) is 25.8. The molecule has 0 radical (unpaired) electrons. The molecule has 0 bridgehead atoms. The fourth-order valence-electron chi connectivity index (χ4n) is 3.10. The molecule has 0 aromatic heterocycles. The third-order valence-electron chi connectivity index (χ3n) is 5.08. The van der Waals surface area contributed by atoms with Crippen LogP contribution >= 0.6 is 0 Å². The van der Waals surface area contributed by atoms with Crippen LogP contribution in [0.5, 0.6) is 0 Å². The van der Waals surface area contributed by atoms with Crippen molar-refractivity contribution in [3.05, 3.63) is 0 Å². The van der Waals surface area contributed by atoms with Gasteiger partial charge < -0.3 is 25.2 Å². The number of hydrogen-bond acceptors (Lipinski definition) is 10. The van der Waals surface area contributed by atoms with Crippen molar-refractivity contribution in [1.82, 2.24) is 0 Å². The molecule has 184 valence electrons. The summed E-state index contributed by atoms with van der Waals surface area (Å²) in [6, 6.07) is 0. The molecule has 0 rings (SSSR count). The summed E-state index contributed by atoms with van der Waals surface area (Å²) >= 11 is 0. The molecular formula is C22H36O10. The van der Waals surface area contributed by atoms with Gasteiger partial charge in [-0.1, -0.05) is 55.4 Å². The van der Waals surface area contributed by atoms with E-state index >= 15 is 0 Å². The summed E-state index contributed by atoms with van der Waals surface area (Å²) in [6.45, 7) is 9.27. The number of carbonyl (C=O) groups excluding carboxylic acids is 5. The lowest BCUT2D eigenvalue weighted by Gasteiger charge is -2.47. The van der Waals surface area contributed by atoms with Gasteiger partial charge in [-0.05, 0) is 0 Å². The average molecular weight is 461 g/mol. The van der Waals surface area contributed by atoms with Crippen LogP contribution in [0.15, 0.2) is 0 Å². The van der Waals surface area contributed by atoms with Crippen LogP contribution in [0.3, 0.4) is 0 Å². The highest BCUT2D eigenvalue weighted by molar-refractivity contribution is 6.47. The summed E-state index contributed by atoms with van der Waals surface area (Å²) in [4.78, 5) is 65.6. The van der Waals surface area contributed by atoms with E-state index in [9.17, 15) is 44.4 Å². The van der Waals surface area contributed by atoms with E-state index in [4.69, 9.17) is 4.74 Å². The molecule has 0 fully saturated rings. The standard InChI is InChI=1S/C22H36O10/c1-10(2)15(25)19(29)22(17(27)12(5)6,32-20(30)13(7)8)21(31,16(26)11(3)4)18(28)14(24)9-23/h10-14,18,23-24,28,31H,9H2,1-8H3/t14-,18-,21+,22+/m1/s1. The third kappa shape index (κ3) is 5.31. The zero-order valence-corrected chi connectivity index (χ0v) is 19.9. The van der Waals surface area contributed by atoms with Gasteiger partial charge in [-0.3, -0.25) is 24.0 Å². The molecule has 0 saturated carbocycles. The molecule has 10 nitrogen and oxygen atoms in total. The smallest absolute Gasteiger partial charge is 0.309 e. The van der Waals surface area contributed by atoms with Gasteiger partial charge in [0, 0.05) is 17.8 Å². The van der Waals surface area contributed by atoms with Gasteiger partial charge in [0.15, 0.2) is 11.6 Å². The Bertz CT molecular complexity index is 739. The van der Waals surface area contributed by atoms with Crippen LogP contribution in [0.1, 0.15) is 55.4 Å². The van der Waals surface area contributed by atoms with Crippen molar-refractivity contribution < 1.29 is 49.1 Å². The van der Waals surface area contributed by atoms with E-state index in [2.05, 4.69) is 0 Å². The Hall–Kier alpha value is -2.01. The van der Waals surface area contributed by atoms with Crippen molar-refractivity contribution in [2.24, 2.45) is 23.7 Å². The van der Waals surface area contributed by atoms with E-state index in [1.165, 1.54) is 55.4 Å². The number of esters is 1. The highest BCUT2D eigenvalue weighted by Gasteiger charge is 2.73. The summed E-state index contributed by atoms with van der Waals surface area (Å²) in [6.07, 6.45) is -4.88. The Morgan fingerprint density at radius 3 is 1.50 bits per heavy atom. The minimum absolute atomic E-state index is 0.963. The van der Waals surface area contributed by atoms with Gasteiger partial charge in [-0.15, -0.1) is 0 Å². The number of aliphatic hydroxyl groups is 4. The zero-order valence-electron chi connectivity index (χ0n) is 19.9. The molecule has 0 unspecified atom stereocenters. The molecule has 0 aromatic rings. The number of ether oxygens (including phenoxy) is 1. The number of ketones is 4. The van der Waals surface area contributed by atoms with Crippen LogP contribution in [0.4, 0.5) is 0 Å². The monoisotopic (exact) mass is 460 g/mol. The molecular weight excluding hydrogens is 424 g/mol. The number of hydrogen-bond donors (Lipinski definition) is 4. The molecule has 10 heteroatoms. The van der Waals surface area contributed by atoms with Crippen LogP contribution in [-0.4, -0.2) is 79.5 Å². The lowest BCUT2D eigenvalue weighted by Crippen LogP contribution is -2.78. The summed E-state index contributed by atoms with van der Waals surface area (Å²) in [5, 5.41) is 41.8. The minimum Gasteiger partial charge on any atom is -0.438 e. The summed E-state index contributed by atoms with van der Waals surface area (Å²) < 4.78 is 5.23. The molecule has 0 saturated heterocycles. The van der Waals surface area contributed by atoms with Crippen LogP contribution in [0.25, 0.3) is 0 Å². The molecule has 0 aromatic carbocycles. The summed E-state index contributed by atoms with van der Waals surface area (Å²) in [5.41, 5.74) is -7.06. The number of carbonyl (C=O) groups is 5. The van der Waals surface area contributed by atoms with Crippen LogP contribution < -0.4 is 0 Å². The maximum Gasteiger partial charge on any atom is 0.309 e. The fourth-order valence-corrected chi connectivity index (χ4v) is 3.10. The van der Waals surface area contributed by atoms with E-state index in [1.54, 1.807) is 0 Å². The van der Waals surface area contributed by atoms with Crippen molar-refractivity contribution in [1.29, 1.82) is 0 Å². The van der Waals surface area contributed by atoms with Crippen LogP contribution in [0, 0.1) is 23.7 Å². The first-order valence-electron chi connectivity index (χ1n) is 10.5. The van der Waals surface area contributed by atoms with Crippen molar-refractivity contribution >= 4 is 29.1 Å². The predicted molar refractivity (Wildman–Crippen MR) is 112 cm³/mol. The highest BCUT2D eigenvalue weighted by Crippen LogP contribution is 2.39. The summed E-state index contributed by atoms with van der Waals surface area (Å²) in [7, 11) is 0. The van der Waals surface area contributed by atoms with E-state index in [1.807, 2.05) is 0 Å². The van der Waals surface area contributed by atoms with E-state index in [0.717, 1.165) is 0 Å². The fraction of sp³-hybridized carbons (Fsp3) is 0.773. The Morgan fingerprint density at radius 2 is 1.19 bits per heavy atom. The lowest BCUT2D eigenvalue weighted by molar-refractivity contribution is -0.231. The molecule has 32 heavy (non-hydrogen) atoms. The number of aliphatic hydroxyl groups excluding tert-OH is 3. The molecule has 0 heterocycles. The van der Waals surface area contributed by atoms with Crippen molar-refractivity contribution in [2.45, 2.75) is 78.8 Å². The third-order valence-corrected chi connectivity index (χ3v) is 5.08. The van der Waals surface area contributed by atoms with E-state index in [0.29, 0.717) is 0 Å². The second kappa shape index (κ2) is 11.2. The normalized spacial score (nSPS) is 17.6. The average Bonchev–Trinajstić information content (AvgIpc) is 2.72. The predicted octanol–water partition coefficient (Wildman–Crippen LogP) is -0.386. The first-order valence-corrected chi connectivity index (χ1v) is 10.5. The number of rotatable bonds is 13. The quantitative estimate of drug-likeness (QED) is 0.161. The molecule has 0 aliphatic carbocycles. The summed E-state index contributed by atoms with van der Waals surface area (Å²) in [5.74, 6) is -11.1. The van der Waals surface area contributed by atoms with Crippen molar-refractivity contribution in [3.63, 3.8) is 0 Å². The Labute approximate surface area is 188 Å². The van der Waals surface area contributed by atoms with Crippen molar-refractivity contribution in [3.8, 4) is 0 Å². The van der Waals surface area contributed by atoms with Gasteiger partial charge in [0.05, 0.1) is 12.5 Å². The van der Waals surface area contributed by atoms with Gasteiger partial charge in [0.25, 0.3) is 11.4 Å². The first kappa shape index (κ1) is 30.0. The van der Waals surface area contributed by atoms with Crippen LogP contribution in [0.2, 0.25) is 0 Å². The first-order chi connectivity index (χ1) is 14.4. The molecule has 0 spiro atoms. The highest BCUT2D eigenvalue weighted by atomic mass is 16.6. The topological polar surface area (TPSA) is 175 Å². The second-order valence-electron chi connectivity index (χ2n) is 9.10. The van der Waals surface area contributed by atoms with E-state index in [-0.39, 0.29) is 0 Å². The maximum atomic E-state index is 13.5. The van der Waals surface area contributed by atoms with Crippen LogP contribution in [-0.2, 0) is 28.7 Å². The lowest BCUT2D eigenvalue weighted by atomic mass is 9.64.